The molecule has 0 saturated carbocycles. The number of halogens is 3. The molecule has 1 aliphatic carbocycles. The fraction of sp³-hybridized carbons (Fsp3) is 0.222. The Morgan fingerprint density at radius 2 is 1.76 bits per heavy atom. The number of amides is 2. The minimum absolute atomic E-state index is 0.0834. The predicted molar refractivity (Wildman–Crippen MR) is 135 cm³/mol. The number of hydrogen-bond donors (Lipinski definition) is 3. The summed E-state index contributed by atoms with van der Waals surface area (Å²) in [6.45, 7) is 0.211. The van der Waals surface area contributed by atoms with E-state index >= 15 is 0 Å². The van der Waals surface area contributed by atoms with Crippen molar-refractivity contribution in [1.82, 2.24) is 15.1 Å². The number of carbonyl (C=O) groups is 2. The van der Waals surface area contributed by atoms with Gasteiger partial charge in [0.25, 0.3) is 0 Å². The third-order valence-electron chi connectivity index (χ3n) is 5.75. The van der Waals surface area contributed by atoms with E-state index in [4.69, 9.17) is 5.11 Å². The number of urea groups is 1. The van der Waals surface area contributed by atoms with E-state index in [2.05, 4.69) is 20.5 Å². The number of nitrogens with zero attached hydrogens (tertiary/aromatic N) is 2. The van der Waals surface area contributed by atoms with Crippen molar-refractivity contribution < 1.29 is 32.6 Å². The lowest BCUT2D eigenvalue weighted by atomic mass is 9.91. The first-order valence-corrected chi connectivity index (χ1v) is 11.7. The molecule has 1 aliphatic rings. The topological polar surface area (TPSA) is 105 Å². The molecule has 3 N–H and O–H groups in total. The van der Waals surface area contributed by atoms with Gasteiger partial charge in [0, 0.05) is 36.6 Å². The Balaban J connectivity index is 1.53. The minimum Gasteiger partial charge on any atom is -0.481 e. The van der Waals surface area contributed by atoms with Gasteiger partial charge in [0.1, 0.15) is 5.76 Å². The van der Waals surface area contributed by atoms with Crippen LogP contribution in [0, 0.1) is 0 Å². The maximum atomic E-state index is 13.0. The number of anilines is 1. The summed E-state index contributed by atoms with van der Waals surface area (Å²) in [4.78, 5) is 23.4. The van der Waals surface area contributed by atoms with Gasteiger partial charge in [-0.15, -0.1) is 13.2 Å². The van der Waals surface area contributed by atoms with Crippen LogP contribution in [0.5, 0.6) is 0 Å². The quantitative estimate of drug-likeness (QED) is 0.353. The third-order valence-corrected chi connectivity index (χ3v) is 5.75. The number of benzene rings is 2. The van der Waals surface area contributed by atoms with Gasteiger partial charge in [0.15, 0.2) is 0 Å². The number of aromatic nitrogens is 2. The summed E-state index contributed by atoms with van der Waals surface area (Å²) in [5, 5.41) is 18.5. The highest BCUT2D eigenvalue weighted by atomic mass is 19.4. The molecule has 198 valence electrons. The fourth-order valence-electron chi connectivity index (χ4n) is 4.08. The molecule has 0 aliphatic heterocycles. The molecular formula is C27H25F3N4O4. The summed E-state index contributed by atoms with van der Waals surface area (Å²) < 4.78 is 45.0. The Hall–Kier alpha value is -4.54. The molecule has 11 heteroatoms. The molecule has 1 aromatic heterocycles. The highest BCUT2D eigenvalue weighted by Crippen LogP contribution is 2.39. The number of aryl methyl sites for hydroxylation is 1. The zero-order chi connectivity index (χ0) is 27.3. The maximum absolute atomic E-state index is 13.0. The predicted octanol–water partition coefficient (Wildman–Crippen LogP) is 5.63. The molecule has 0 radical (unpaired) electrons. The summed E-state index contributed by atoms with van der Waals surface area (Å²) in [7, 11) is 1.73. The van der Waals surface area contributed by atoms with E-state index in [1.54, 1.807) is 72.7 Å². The highest BCUT2D eigenvalue weighted by molar-refractivity contribution is 5.93. The lowest BCUT2D eigenvalue weighted by Gasteiger charge is -2.21. The van der Waals surface area contributed by atoms with Crippen LogP contribution >= 0.6 is 0 Å². The van der Waals surface area contributed by atoms with Crippen molar-refractivity contribution >= 4 is 23.3 Å². The molecule has 0 fully saturated rings. The van der Waals surface area contributed by atoms with Crippen molar-refractivity contribution in [2.24, 2.45) is 7.05 Å². The SMILES string of the molecule is Cn1cc(-c2cc(NC(=O)NCc3ccc(CC(=O)O)cc3)ccc2C2=CCCC=C2OC(F)(F)F)cn1. The van der Waals surface area contributed by atoms with Crippen LogP contribution in [0.2, 0.25) is 0 Å². The normalized spacial score (nSPS) is 13.4. The molecule has 4 rings (SSSR count). The van der Waals surface area contributed by atoms with E-state index in [0.717, 1.165) is 5.56 Å². The molecule has 1 heterocycles. The van der Waals surface area contributed by atoms with Crippen molar-refractivity contribution in [2.75, 3.05) is 5.32 Å². The van der Waals surface area contributed by atoms with Gasteiger partial charge in [-0.05, 0) is 53.3 Å². The first-order chi connectivity index (χ1) is 18.1. The number of ether oxygens (including phenoxy) is 1. The van der Waals surface area contributed by atoms with Gasteiger partial charge in [-0.2, -0.15) is 5.10 Å². The number of allylic oxidation sites excluding steroid dienone is 3. The van der Waals surface area contributed by atoms with Crippen molar-refractivity contribution in [1.29, 1.82) is 0 Å². The Labute approximate surface area is 216 Å². The van der Waals surface area contributed by atoms with Crippen molar-refractivity contribution in [3.63, 3.8) is 0 Å². The van der Waals surface area contributed by atoms with Crippen LogP contribution in [0.4, 0.5) is 23.7 Å². The van der Waals surface area contributed by atoms with E-state index < -0.39 is 18.4 Å². The molecule has 38 heavy (non-hydrogen) atoms. The van der Waals surface area contributed by atoms with Crippen molar-refractivity contribution in [3.05, 3.63) is 89.5 Å². The number of hydrogen-bond acceptors (Lipinski definition) is 4. The van der Waals surface area contributed by atoms with Crippen molar-refractivity contribution in [3.8, 4) is 11.1 Å². The van der Waals surface area contributed by atoms with Gasteiger partial charge < -0.3 is 20.5 Å². The molecule has 0 atom stereocenters. The third kappa shape index (κ3) is 7.02. The summed E-state index contributed by atoms with van der Waals surface area (Å²) in [6.07, 6.45) is 2.53. The van der Waals surface area contributed by atoms with E-state index in [-0.39, 0.29) is 18.7 Å². The van der Waals surface area contributed by atoms with Crippen LogP contribution in [0.1, 0.15) is 29.5 Å². The molecule has 3 aromatic rings. The second-order valence-corrected chi connectivity index (χ2v) is 8.67. The van der Waals surface area contributed by atoms with Crippen LogP contribution in [0.3, 0.4) is 0 Å². The number of alkyl halides is 3. The zero-order valence-corrected chi connectivity index (χ0v) is 20.4. The van der Waals surface area contributed by atoms with Gasteiger partial charge in [-0.25, -0.2) is 4.79 Å². The fourth-order valence-corrected chi connectivity index (χ4v) is 4.08. The summed E-state index contributed by atoms with van der Waals surface area (Å²) >= 11 is 0. The number of carboxylic acid groups (broad SMARTS) is 1. The van der Waals surface area contributed by atoms with E-state index in [1.165, 1.54) is 6.08 Å². The Bertz CT molecular complexity index is 1390. The number of carboxylic acids is 1. The molecule has 0 spiro atoms. The van der Waals surface area contributed by atoms with Gasteiger partial charge in [0.05, 0.1) is 12.6 Å². The Kier molecular flexibility index (Phi) is 7.85. The maximum Gasteiger partial charge on any atom is 0.573 e. The standard InChI is InChI=1S/C27H25F3N4O4/c1-34-16-19(15-32-34)23-13-20(10-11-21(23)22-4-2-3-5-24(22)38-27(28,29)30)33-26(37)31-14-18-8-6-17(7-9-18)12-25(35)36/h4-11,13,15-16H,2-3,12,14H2,1H3,(H,35,36)(H2,31,33,37). The van der Waals surface area contributed by atoms with Gasteiger partial charge in [-0.3, -0.25) is 9.48 Å². The summed E-state index contributed by atoms with van der Waals surface area (Å²) in [6, 6.07) is 11.3. The molecule has 0 bridgehead atoms. The first-order valence-electron chi connectivity index (χ1n) is 11.7. The second kappa shape index (κ2) is 11.2. The summed E-state index contributed by atoms with van der Waals surface area (Å²) in [5.41, 5.74) is 3.94. The molecular weight excluding hydrogens is 501 g/mol. The van der Waals surface area contributed by atoms with Crippen LogP contribution in [-0.4, -0.2) is 33.2 Å². The van der Waals surface area contributed by atoms with Gasteiger partial charge in [-0.1, -0.05) is 36.4 Å². The van der Waals surface area contributed by atoms with Crippen molar-refractivity contribution in [2.45, 2.75) is 32.2 Å². The molecule has 0 unspecified atom stereocenters. The lowest BCUT2D eigenvalue weighted by Crippen LogP contribution is -2.28. The van der Waals surface area contributed by atoms with E-state index in [1.807, 2.05) is 0 Å². The number of carbonyl (C=O) groups excluding carboxylic acids is 1. The van der Waals surface area contributed by atoms with Crippen LogP contribution in [0.15, 0.2) is 72.8 Å². The van der Waals surface area contributed by atoms with Crippen LogP contribution < -0.4 is 10.6 Å². The Morgan fingerprint density at radius 1 is 1.05 bits per heavy atom. The van der Waals surface area contributed by atoms with E-state index in [9.17, 15) is 22.8 Å². The van der Waals surface area contributed by atoms with Crippen LogP contribution in [-0.2, 0) is 29.5 Å². The first kappa shape index (κ1) is 26.5. The molecule has 0 saturated heterocycles. The highest BCUT2D eigenvalue weighted by Gasteiger charge is 2.34. The molecule has 2 amide bonds. The second-order valence-electron chi connectivity index (χ2n) is 8.67. The lowest BCUT2D eigenvalue weighted by molar-refractivity contribution is -0.302. The average Bonchev–Trinajstić information content (AvgIpc) is 3.29. The number of aliphatic carboxylic acids is 1. The largest absolute Gasteiger partial charge is 0.573 e. The minimum atomic E-state index is -4.83. The average molecular weight is 527 g/mol. The van der Waals surface area contributed by atoms with Gasteiger partial charge in [0.2, 0.25) is 0 Å². The smallest absolute Gasteiger partial charge is 0.481 e. The molecule has 2 aromatic carbocycles. The van der Waals surface area contributed by atoms with Crippen LogP contribution in [0.25, 0.3) is 16.7 Å². The Morgan fingerprint density at radius 3 is 2.42 bits per heavy atom. The van der Waals surface area contributed by atoms with E-state index in [0.29, 0.717) is 46.4 Å². The monoisotopic (exact) mass is 526 g/mol. The number of rotatable bonds is 8. The zero-order valence-electron chi connectivity index (χ0n) is 20.4. The molecule has 8 nitrogen and oxygen atoms in total. The summed E-state index contributed by atoms with van der Waals surface area (Å²) in [5.74, 6) is -1.19. The number of nitrogens with one attached hydrogen (secondary N) is 2. The van der Waals surface area contributed by atoms with Gasteiger partial charge >= 0.3 is 18.4 Å².